The average Bonchev–Trinajstić information content (AvgIpc) is 2.75. The minimum Gasteiger partial charge on any atom is -0.379 e. The van der Waals surface area contributed by atoms with Crippen LogP contribution in [0.1, 0.15) is 22.1 Å². The predicted molar refractivity (Wildman–Crippen MR) is 106 cm³/mol. The normalized spacial score (nSPS) is 16.0. The smallest absolute Gasteiger partial charge is 0.269 e. The lowest BCUT2D eigenvalue weighted by atomic mass is 10.0. The number of rotatable bonds is 5. The number of ether oxygens (including phenoxy) is 1. The summed E-state index contributed by atoms with van der Waals surface area (Å²) >= 11 is 0. The van der Waals surface area contributed by atoms with Crippen molar-refractivity contribution in [3.8, 4) is 0 Å². The summed E-state index contributed by atoms with van der Waals surface area (Å²) in [6.07, 6.45) is 0. The van der Waals surface area contributed by atoms with Crippen LogP contribution in [0, 0.1) is 5.82 Å². The number of fused-ring (bicyclic) bond motifs is 1. The fourth-order valence-corrected chi connectivity index (χ4v) is 3.50. The topological polar surface area (TPSA) is 54.5 Å². The second-order valence-corrected chi connectivity index (χ2v) is 6.81. The Labute approximate surface area is 163 Å². The first-order valence-corrected chi connectivity index (χ1v) is 9.42. The SMILES string of the molecule is O=C(NCC(c1ccc(F)cc1)N1CCOCC1)c1ccc2ccccc2n1. The highest BCUT2D eigenvalue weighted by molar-refractivity contribution is 5.94. The van der Waals surface area contributed by atoms with Gasteiger partial charge in [-0.1, -0.05) is 36.4 Å². The van der Waals surface area contributed by atoms with Crippen molar-refractivity contribution in [2.75, 3.05) is 32.8 Å². The van der Waals surface area contributed by atoms with Gasteiger partial charge in [0.05, 0.1) is 24.8 Å². The van der Waals surface area contributed by atoms with Crippen LogP contribution in [0.4, 0.5) is 4.39 Å². The molecule has 1 unspecified atom stereocenters. The lowest BCUT2D eigenvalue weighted by molar-refractivity contribution is 0.0162. The molecule has 6 heteroatoms. The molecule has 4 rings (SSSR count). The van der Waals surface area contributed by atoms with E-state index < -0.39 is 0 Å². The first kappa shape index (κ1) is 18.5. The van der Waals surface area contributed by atoms with E-state index >= 15 is 0 Å². The van der Waals surface area contributed by atoms with Crippen molar-refractivity contribution in [2.45, 2.75) is 6.04 Å². The maximum absolute atomic E-state index is 13.3. The summed E-state index contributed by atoms with van der Waals surface area (Å²) < 4.78 is 18.8. The summed E-state index contributed by atoms with van der Waals surface area (Å²) in [6.45, 7) is 3.26. The molecule has 1 aromatic heterocycles. The minimum absolute atomic E-state index is 0.0473. The molecule has 1 atom stereocenters. The number of morpholine rings is 1. The molecular formula is C22H22FN3O2. The van der Waals surface area contributed by atoms with Crippen LogP contribution < -0.4 is 5.32 Å². The number of aromatic nitrogens is 1. The summed E-state index contributed by atoms with van der Waals surface area (Å²) in [5.74, 6) is -0.486. The quantitative estimate of drug-likeness (QED) is 0.740. The average molecular weight is 379 g/mol. The van der Waals surface area contributed by atoms with Gasteiger partial charge in [-0.25, -0.2) is 9.37 Å². The van der Waals surface area contributed by atoms with Gasteiger partial charge < -0.3 is 10.1 Å². The van der Waals surface area contributed by atoms with Crippen LogP contribution in [0.15, 0.2) is 60.7 Å². The molecule has 1 amide bonds. The Bertz CT molecular complexity index is 955. The van der Waals surface area contributed by atoms with Gasteiger partial charge in [-0.05, 0) is 29.8 Å². The standard InChI is InChI=1S/C22H22FN3O2/c23-18-8-5-17(6-9-18)21(26-11-13-28-14-12-26)15-24-22(27)20-10-7-16-3-1-2-4-19(16)25-20/h1-10,21H,11-15H2,(H,24,27). The third-order valence-electron chi connectivity index (χ3n) is 5.03. The van der Waals surface area contributed by atoms with Gasteiger partial charge in [0, 0.05) is 25.0 Å². The van der Waals surface area contributed by atoms with E-state index in [-0.39, 0.29) is 17.8 Å². The van der Waals surface area contributed by atoms with Crippen LogP contribution in [0.25, 0.3) is 10.9 Å². The molecule has 1 fully saturated rings. The first-order chi connectivity index (χ1) is 13.7. The van der Waals surface area contributed by atoms with Crippen molar-refractivity contribution in [2.24, 2.45) is 0 Å². The number of hydrogen-bond donors (Lipinski definition) is 1. The summed E-state index contributed by atoms with van der Waals surface area (Å²) in [5.41, 5.74) is 2.15. The number of benzene rings is 2. The van der Waals surface area contributed by atoms with Crippen LogP contribution in [-0.2, 0) is 4.74 Å². The van der Waals surface area contributed by atoms with Crippen molar-refractivity contribution >= 4 is 16.8 Å². The fourth-order valence-electron chi connectivity index (χ4n) is 3.50. The number of carbonyl (C=O) groups is 1. The molecule has 0 saturated carbocycles. The third-order valence-corrected chi connectivity index (χ3v) is 5.03. The van der Waals surface area contributed by atoms with Crippen LogP contribution >= 0.6 is 0 Å². The predicted octanol–water partition coefficient (Wildman–Crippen LogP) is 3.18. The zero-order valence-corrected chi connectivity index (χ0v) is 15.5. The van der Waals surface area contributed by atoms with Crippen molar-refractivity contribution in [1.29, 1.82) is 0 Å². The number of nitrogens with zero attached hydrogens (tertiary/aromatic N) is 2. The number of halogens is 1. The Hall–Kier alpha value is -2.83. The van der Waals surface area contributed by atoms with Gasteiger partial charge in [0.2, 0.25) is 0 Å². The molecule has 1 aliphatic heterocycles. The number of carbonyl (C=O) groups excluding carboxylic acids is 1. The van der Waals surface area contributed by atoms with Gasteiger partial charge in [-0.2, -0.15) is 0 Å². The Balaban J connectivity index is 1.50. The molecule has 5 nitrogen and oxygen atoms in total. The number of pyridine rings is 1. The van der Waals surface area contributed by atoms with E-state index in [4.69, 9.17) is 4.74 Å². The molecule has 28 heavy (non-hydrogen) atoms. The van der Waals surface area contributed by atoms with Crippen LogP contribution in [0.2, 0.25) is 0 Å². The molecule has 144 valence electrons. The van der Waals surface area contributed by atoms with Crippen LogP contribution in [0.5, 0.6) is 0 Å². The minimum atomic E-state index is -0.270. The molecular weight excluding hydrogens is 357 g/mol. The summed E-state index contributed by atoms with van der Waals surface area (Å²) in [7, 11) is 0. The monoisotopic (exact) mass is 379 g/mol. The van der Waals surface area contributed by atoms with Gasteiger partial charge in [0.15, 0.2) is 0 Å². The summed E-state index contributed by atoms with van der Waals surface area (Å²) in [4.78, 5) is 19.4. The zero-order chi connectivity index (χ0) is 19.3. The van der Waals surface area contributed by atoms with E-state index in [9.17, 15) is 9.18 Å². The van der Waals surface area contributed by atoms with Gasteiger partial charge in [0.25, 0.3) is 5.91 Å². The maximum Gasteiger partial charge on any atom is 0.269 e. The molecule has 1 aliphatic rings. The van der Waals surface area contributed by atoms with E-state index in [0.717, 1.165) is 29.6 Å². The largest absolute Gasteiger partial charge is 0.379 e. The highest BCUT2D eigenvalue weighted by atomic mass is 19.1. The first-order valence-electron chi connectivity index (χ1n) is 9.42. The second kappa shape index (κ2) is 8.46. The molecule has 0 spiro atoms. The Morgan fingerprint density at radius 2 is 1.82 bits per heavy atom. The Morgan fingerprint density at radius 3 is 2.61 bits per heavy atom. The molecule has 0 aliphatic carbocycles. The second-order valence-electron chi connectivity index (χ2n) is 6.81. The molecule has 2 aromatic carbocycles. The van der Waals surface area contributed by atoms with Gasteiger partial charge >= 0.3 is 0 Å². The summed E-state index contributed by atoms with van der Waals surface area (Å²) in [5, 5.41) is 3.99. The molecule has 0 radical (unpaired) electrons. The Kier molecular flexibility index (Phi) is 5.60. The Morgan fingerprint density at radius 1 is 1.07 bits per heavy atom. The van der Waals surface area contributed by atoms with Crippen molar-refractivity contribution in [3.05, 3.63) is 77.7 Å². The van der Waals surface area contributed by atoms with E-state index in [0.29, 0.717) is 25.5 Å². The maximum atomic E-state index is 13.3. The van der Waals surface area contributed by atoms with E-state index in [1.165, 1.54) is 12.1 Å². The molecule has 0 bridgehead atoms. The summed E-state index contributed by atoms with van der Waals surface area (Å²) in [6, 6.07) is 17.7. The number of para-hydroxylation sites is 1. The van der Waals surface area contributed by atoms with E-state index in [2.05, 4.69) is 15.2 Å². The molecule has 1 saturated heterocycles. The zero-order valence-electron chi connectivity index (χ0n) is 15.5. The van der Waals surface area contributed by atoms with E-state index in [1.807, 2.05) is 30.3 Å². The number of amides is 1. The molecule has 2 heterocycles. The fraction of sp³-hybridized carbons (Fsp3) is 0.273. The number of nitrogens with one attached hydrogen (secondary N) is 1. The van der Waals surface area contributed by atoms with Gasteiger partial charge in [0.1, 0.15) is 11.5 Å². The lowest BCUT2D eigenvalue weighted by Crippen LogP contribution is -2.43. The highest BCUT2D eigenvalue weighted by Gasteiger charge is 2.23. The highest BCUT2D eigenvalue weighted by Crippen LogP contribution is 2.22. The van der Waals surface area contributed by atoms with Crippen molar-refractivity contribution in [3.63, 3.8) is 0 Å². The molecule has 1 N–H and O–H groups in total. The van der Waals surface area contributed by atoms with Gasteiger partial charge in [-0.3, -0.25) is 9.69 Å². The van der Waals surface area contributed by atoms with Crippen molar-refractivity contribution in [1.82, 2.24) is 15.2 Å². The van der Waals surface area contributed by atoms with Gasteiger partial charge in [-0.15, -0.1) is 0 Å². The van der Waals surface area contributed by atoms with Crippen molar-refractivity contribution < 1.29 is 13.9 Å². The third kappa shape index (κ3) is 4.18. The lowest BCUT2D eigenvalue weighted by Gasteiger charge is -2.34. The molecule has 3 aromatic rings. The van der Waals surface area contributed by atoms with E-state index in [1.54, 1.807) is 18.2 Å². The van der Waals surface area contributed by atoms with Crippen LogP contribution in [0.3, 0.4) is 0 Å². The number of hydrogen-bond acceptors (Lipinski definition) is 4. The van der Waals surface area contributed by atoms with Crippen LogP contribution in [-0.4, -0.2) is 48.6 Å².